The summed E-state index contributed by atoms with van der Waals surface area (Å²) in [7, 11) is 5.46. The van der Waals surface area contributed by atoms with Crippen molar-refractivity contribution in [2.75, 3.05) is 39.2 Å². The first-order valence-electron chi connectivity index (χ1n) is 8.93. The van der Waals surface area contributed by atoms with Crippen molar-refractivity contribution in [2.45, 2.75) is 25.7 Å². The first-order chi connectivity index (χ1) is 12.5. The van der Waals surface area contributed by atoms with Crippen LogP contribution >= 0.6 is 0 Å². The molecular weight excluding hydrogens is 328 g/mol. The summed E-state index contributed by atoms with van der Waals surface area (Å²) in [6, 6.07) is 7.99. The van der Waals surface area contributed by atoms with Crippen molar-refractivity contribution in [1.29, 1.82) is 0 Å². The van der Waals surface area contributed by atoms with E-state index in [2.05, 4.69) is 29.3 Å². The first kappa shape index (κ1) is 18.2. The lowest BCUT2D eigenvalue weighted by molar-refractivity contribution is 0.0706. The Balaban J connectivity index is 1.78. The Bertz CT molecular complexity index is 791. The van der Waals surface area contributed by atoms with Crippen molar-refractivity contribution >= 4 is 11.7 Å². The average molecular weight is 354 g/mol. The topological polar surface area (TPSA) is 58.6 Å². The summed E-state index contributed by atoms with van der Waals surface area (Å²) in [5, 5.41) is 8.03. The van der Waals surface area contributed by atoms with Crippen molar-refractivity contribution in [1.82, 2.24) is 15.1 Å². The molecule has 1 amide bonds. The number of carbonyl (C=O) groups excluding carboxylic acids is 1. The molecule has 1 atom stereocenters. The highest BCUT2D eigenvalue weighted by molar-refractivity contribution is 5.94. The Labute approximate surface area is 154 Å². The summed E-state index contributed by atoms with van der Waals surface area (Å²) in [5.41, 5.74) is 3.10. The number of nitrogens with zero attached hydrogens (tertiary/aromatic N) is 4. The van der Waals surface area contributed by atoms with E-state index in [1.54, 1.807) is 19.4 Å². The molecule has 1 aliphatic rings. The molecule has 1 aromatic heterocycles. The van der Waals surface area contributed by atoms with Crippen LogP contribution in [0.2, 0.25) is 0 Å². The van der Waals surface area contributed by atoms with Crippen molar-refractivity contribution in [3.63, 3.8) is 0 Å². The molecule has 1 aliphatic heterocycles. The number of anilines is 1. The van der Waals surface area contributed by atoms with Gasteiger partial charge in [-0.15, -0.1) is 5.10 Å². The number of aromatic nitrogens is 2. The summed E-state index contributed by atoms with van der Waals surface area (Å²) in [5.74, 6) is 1.94. The van der Waals surface area contributed by atoms with Gasteiger partial charge < -0.3 is 14.5 Å². The van der Waals surface area contributed by atoms with Gasteiger partial charge in [-0.25, -0.2) is 0 Å². The third-order valence-electron chi connectivity index (χ3n) is 4.97. The normalized spacial score (nSPS) is 17.1. The number of rotatable bonds is 4. The molecule has 2 aromatic rings. The Morgan fingerprint density at radius 1 is 1.31 bits per heavy atom. The van der Waals surface area contributed by atoms with Crippen LogP contribution in [0.4, 0.5) is 5.82 Å². The number of carbonyl (C=O) groups is 1. The van der Waals surface area contributed by atoms with E-state index in [0.29, 0.717) is 17.3 Å². The quantitative estimate of drug-likeness (QED) is 0.845. The van der Waals surface area contributed by atoms with E-state index in [1.807, 2.05) is 30.0 Å². The minimum absolute atomic E-state index is 0.0267. The molecular formula is C20H26N4O2. The zero-order chi connectivity index (χ0) is 18.7. The van der Waals surface area contributed by atoms with E-state index < -0.39 is 0 Å². The van der Waals surface area contributed by atoms with Gasteiger partial charge in [0.1, 0.15) is 5.75 Å². The molecule has 138 valence electrons. The zero-order valence-corrected chi connectivity index (χ0v) is 15.9. The second-order valence-corrected chi connectivity index (χ2v) is 7.01. The van der Waals surface area contributed by atoms with E-state index in [9.17, 15) is 4.79 Å². The summed E-state index contributed by atoms with van der Waals surface area (Å²) < 4.78 is 5.30. The smallest absolute Gasteiger partial charge is 0.255 e. The Hall–Kier alpha value is -2.63. The van der Waals surface area contributed by atoms with Crippen LogP contribution in [0.25, 0.3) is 0 Å². The average Bonchev–Trinajstić information content (AvgIpc) is 2.67. The van der Waals surface area contributed by atoms with E-state index >= 15 is 0 Å². The number of ether oxygens (including phenoxy) is 1. The van der Waals surface area contributed by atoms with E-state index in [4.69, 9.17) is 4.74 Å². The second kappa shape index (κ2) is 7.72. The van der Waals surface area contributed by atoms with Gasteiger partial charge in [0.05, 0.1) is 18.9 Å². The molecule has 0 bridgehead atoms. The van der Waals surface area contributed by atoms with Crippen molar-refractivity contribution in [3.8, 4) is 5.75 Å². The lowest BCUT2D eigenvalue weighted by atomic mass is 9.87. The highest BCUT2D eigenvalue weighted by Crippen LogP contribution is 2.31. The van der Waals surface area contributed by atoms with Gasteiger partial charge in [-0.2, -0.15) is 5.10 Å². The number of hydrogen-bond donors (Lipinski definition) is 0. The monoisotopic (exact) mass is 354 g/mol. The van der Waals surface area contributed by atoms with Gasteiger partial charge in [0.2, 0.25) is 0 Å². The fourth-order valence-corrected chi connectivity index (χ4v) is 3.52. The van der Waals surface area contributed by atoms with E-state index in [1.165, 1.54) is 11.1 Å². The highest BCUT2D eigenvalue weighted by Gasteiger charge is 2.27. The van der Waals surface area contributed by atoms with Gasteiger partial charge in [-0.3, -0.25) is 4.79 Å². The lowest BCUT2D eigenvalue weighted by Gasteiger charge is -2.34. The maximum Gasteiger partial charge on any atom is 0.255 e. The predicted octanol–water partition coefficient (Wildman–Crippen LogP) is 2.88. The van der Waals surface area contributed by atoms with Crippen LogP contribution in [-0.4, -0.2) is 55.3 Å². The SMILES string of the molecule is COc1ccc(C2CCCN(C(=O)c3cnnc(N(C)C)c3)C2)c(C)c1. The van der Waals surface area contributed by atoms with Gasteiger partial charge in [-0.05, 0) is 49.1 Å². The van der Waals surface area contributed by atoms with Crippen LogP contribution in [0.15, 0.2) is 30.5 Å². The summed E-state index contributed by atoms with van der Waals surface area (Å²) in [4.78, 5) is 16.7. The number of aryl methyl sites for hydroxylation is 1. The highest BCUT2D eigenvalue weighted by atomic mass is 16.5. The van der Waals surface area contributed by atoms with Crippen LogP contribution in [0.3, 0.4) is 0 Å². The maximum atomic E-state index is 13.0. The molecule has 1 unspecified atom stereocenters. The summed E-state index contributed by atoms with van der Waals surface area (Å²) in [6.45, 7) is 3.62. The van der Waals surface area contributed by atoms with Gasteiger partial charge >= 0.3 is 0 Å². The molecule has 3 rings (SSSR count). The molecule has 6 nitrogen and oxygen atoms in total. The second-order valence-electron chi connectivity index (χ2n) is 7.01. The van der Waals surface area contributed by atoms with Gasteiger partial charge in [0.25, 0.3) is 5.91 Å². The molecule has 0 radical (unpaired) electrons. The van der Waals surface area contributed by atoms with E-state index in [-0.39, 0.29) is 5.91 Å². The number of methoxy groups -OCH3 is 1. The summed E-state index contributed by atoms with van der Waals surface area (Å²) in [6.07, 6.45) is 3.65. The molecule has 0 N–H and O–H groups in total. The number of benzene rings is 1. The Kier molecular flexibility index (Phi) is 5.40. The van der Waals surface area contributed by atoms with Crippen molar-refractivity contribution < 1.29 is 9.53 Å². The molecule has 6 heteroatoms. The third kappa shape index (κ3) is 3.79. The van der Waals surface area contributed by atoms with Crippen molar-refractivity contribution in [2.24, 2.45) is 0 Å². The minimum Gasteiger partial charge on any atom is -0.497 e. The molecule has 1 saturated heterocycles. The molecule has 26 heavy (non-hydrogen) atoms. The third-order valence-corrected chi connectivity index (χ3v) is 4.97. The standard InChI is InChI=1S/C20H26N4O2/c1-14-10-17(26-4)7-8-18(14)15-6-5-9-24(13-15)20(25)16-11-19(23(2)3)22-21-12-16/h7-8,10-12,15H,5-6,9,13H2,1-4H3. The van der Waals surface area contributed by atoms with Crippen LogP contribution in [-0.2, 0) is 0 Å². The number of amides is 1. The van der Waals surface area contributed by atoms with E-state index in [0.717, 1.165) is 31.7 Å². The molecule has 0 spiro atoms. The number of likely N-dealkylation sites (tertiary alicyclic amines) is 1. The van der Waals surface area contributed by atoms with Crippen LogP contribution in [0.5, 0.6) is 5.75 Å². The fourth-order valence-electron chi connectivity index (χ4n) is 3.52. The molecule has 1 aromatic carbocycles. The van der Waals surface area contributed by atoms with Gasteiger partial charge in [0, 0.05) is 33.1 Å². The van der Waals surface area contributed by atoms with Gasteiger partial charge in [-0.1, -0.05) is 6.07 Å². The molecule has 0 saturated carbocycles. The Morgan fingerprint density at radius 3 is 2.81 bits per heavy atom. The minimum atomic E-state index is 0.0267. The number of hydrogen-bond acceptors (Lipinski definition) is 5. The first-order valence-corrected chi connectivity index (χ1v) is 8.93. The van der Waals surface area contributed by atoms with Crippen LogP contribution in [0.1, 0.15) is 40.2 Å². The fraction of sp³-hybridized carbons (Fsp3) is 0.450. The zero-order valence-electron chi connectivity index (χ0n) is 15.9. The Morgan fingerprint density at radius 2 is 2.12 bits per heavy atom. The predicted molar refractivity (Wildman–Crippen MR) is 102 cm³/mol. The van der Waals surface area contributed by atoms with Crippen molar-refractivity contribution in [3.05, 3.63) is 47.2 Å². The number of piperidine rings is 1. The molecule has 1 fully saturated rings. The van der Waals surface area contributed by atoms with Gasteiger partial charge in [0.15, 0.2) is 5.82 Å². The lowest BCUT2D eigenvalue weighted by Crippen LogP contribution is -2.39. The largest absolute Gasteiger partial charge is 0.497 e. The molecule has 2 heterocycles. The maximum absolute atomic E-state index is 13.0. The van der Waals surface area contributed by atoms with Crippen LogP contribution in [0, 0.1) is 6.92 Å². The van der Waals surface area contributed by atoms with Crippen LogP contribution < -0.4 is 9.64 Å². The summed E-state index contributed by atoms with van der Waals surface area (Å²) >= 11 is 0. The molecule has 0 aliphatic carbocycles.